The van der Waals surface area contributed by atoms with Crippen LogP contribution in [0.1, 0.15) is 25.5 Å². The van der Waals surface area contributed by atoms with Crippen LogP contribution in [0.4, 0.5) is 0 Å². The first-order chi connectivity index (χ1) is 9.75. The number of sulfone groups is 1. The van der Waals surface area contributed by atoms with Gasteiger partial charge in [-0.3, -0.25) is 4.99 Å². The monoisotopic (exact) mass is 479 g/mol. The van der Waals surface area contributed by atoms with Gasteiger partial charge in [0, 0.05) is 15.8 Å². The topological polar surface area (TPSA) is 84.5 Å². The van der Waals surface area contributed by atoms with E-state index in [1.807, 2.05) is 6.92 Å². The van der Waals surface area contributed by atoms with E-state index in [1.54, 1.807) is 25.1 Å². The van der Waals surface area contributed by atoms with Crippen molar-refractivity contribution in [1.29, 1.82) is 0 Å². The molecule has 22 heavy (non-hydrogen) atoms. The number of nitrogens with one attached hydrogen (secondary N) is 1. The predicted octanol–water partition coefficient (Wildman–Crippen LogP) is 3.01. The molecule has 0 saturated carbocycles. The molecule has 1 atom stereocenters. The van der Waals surface area contributed by atoms with Gasteiger partial charge in [-0.25, -0.2) is 8.42 Å². The van der Waals surface area contributed by atoms with Gasteiger partial charge in [0.05, 0.1) is 18.3 Å². The van der Waals surface area contributed by atoms with Gasteiger partial charge < -0.3 is 11.1 Å². The number of benzene rings is 1. The van der Waals surface area contributed by atoms with Crippen molar-refractivity contribution in [2.75, 3.05) is 18.1 Å². The number of nitrogens with zero attached hydrogens (tertiary/aromatic N) is 1. The summed E-state index contributed by atoms with van der Waals surface area (Å²) in [5.41, 5.74) is 6.57. The zero-order chi connectivity index (χ0) is 16.0. The Labute approximate surface area is 158 Å². The van der Waals surface area contributed by atoms with Crippen LogP contribution in [-0.2, 0) is 9.84 Å². The van der Waals surface area contributed by atoms with E-state index in [9.17, 15) is 8.42 Å². The van der Waals surface area contributed by atoms with Crippen molar-refractivity contribution < 1.29 is 8.42 Å². The third-order valence-electron chi connectivity index (χ3n) is 2.92. The molecule has 0 heterocycles. The molecular formula is C13H20Cl2IN3O2S. The molecule has 1 unspecified atom stereocenters. The summed E-state index contributed by atoms with van der Waals surface area (Å²) in [7, 11) is -3.03. The maximum absolute atomic E-state index is 11.3. The SMILES string of the molecule is CCS(=O)(=O)CCN=C(N)NC(C)c1ccc(Cl)cc1Cl.I. The second-order valence-electron chi connectivity index (χ2n) is 4.54. The first-order valence-electron chi connectivity index (χ1n) is 6.47. The van der Waals surface area contributed by atoms with E-state index < -0.39 is 9.84 Å². The average Bonchev–Trinajstić information content (AvgIpc) is 2.38. The van der Waals surface area contributed by atoms with Gasteiger partial charge in [0.1, 0.15) is 0 Å². The first kappa shape index (κ1) is 21.8. The molecule has 1 rings (SSSR count). The number of halogens is 3. The molecule has 0 aromatic heterocycles. The third-order valence-corrected chi connectivity index (χ3v) is 5.16. The standard InChI is InChI=1S/C13H19Cl2N3O2S.HI/c1-3-21(19,20)7-6-17-13(16)18-9(2)11-5-4-10(14)8-12(11)15;/h4-5,8-9H,3,6-7H2,1-2H3,(H3,16,17,18);1H. The highest BCUT2D eigenvalue weighted by atomic mass is 127. The second-order valence-corrected chi connectivity index (χ2v) is 7.85. The van der Waals surface area contributed by atoms with Crippen LogP contribution in [0.5, 0.6) is 0 Å². The smallest absolute Gasteiger partial charge is 0.189 e. The van der Waals surface area contributed by atoms with E-state index in [1.165, 1.54) is 0 Å². The molecule has 0 aliphatic heterocycles. The highest BCUT2D eigenvalue weighted by molar-refractivity contribution is 14.0. The summed E-state index contributed by atoms with van der Waals surface area (Å²) in [4.78, 5) is 4.01. The minimum atomic E-state index is -3.03. The largest absolute Gasteiger partial charge is 0.370 e. The third kappa shape index (κ3) is 7.34. The van der Waals surface area contributed by atoms with E-state index in [-0.39, 0.29) is 54.0 Å². The number of rotatable bonds is 6. The van der Waals surface area contributed by atoms with Gasteiger partial charge in [0.25, 0.3) is 0 Å². The minimum absolute atomic E-state index is 0. The molecule has 5 nitrogen and oxygen atoms in total. The van der Waals surface area contributed by atoms with Crippen molar-refractivity contribution in [3.8, 4) is 0 Å². The highest BCUT2D eigenvalue weighted by Crippen LogP contribution is 2.25. The molecular weight excluding hydrogens is 460 g/mol. The van der Waals surface area contributed by atoms with Crippen molar-refractivity contribution in [2.24, 2.45) is 10.7 Å². The average molecular weight is 480 g/mol. The number of nitrogens with two attached hydrogens (primary N) is 1. The molecule has 0 aliphatic carbocycles. The van der Waals surface area contributed by atoms with E-state index >= 15 is 0 Å². The van der Waals surface area contributed by atoms with Crippen LogP contribution in [0.3, 0.4) is 0 Å². The van der Waals surface area contributed by atoms with Gasteiger partial charge in [-0.05, 0) is 24.6 Å². The summed E-state index contributed by atoms with van der Waals surface area (Å²) >= 11 is 11.9. The lowest BCUT2D eigenvalue weighted by Crippen LogP contribution is -2.34. The molecule has 0 bridgehead atoms. The fourth-order valence-corrected chi connectivity index (χ4v) is 2.88. The molecule has 0 amide bonds. The van der Waals surface area contributed by atoms with Gasteiger partial charge >= 0.3 is 0 Å². The van der Waals surface area contributed by atoms with Crippen LogP contribution in [0.15, 0.2) is 23.2 Å². The van der Waals surface area contributed by atoms with Gasteiger partial charge in [0.2, 0.25) is 0 Å². The van der Waals surface area contributed by atoms with E-state index in [0.29, 0.717) is 10.0 Å². The Kier molecular flexibility index (Phi) is 9.68. The second kappa shape index (κ2) is 9.79. The lowest BCUT2D eigenvalue weighted by atomic mass is 10.1. The quantitative estimate of drug-likeness (QED) is 0.373. The zero-order valence-corrected chi connectivity index (χ0v) is 17.0. The van der Waals surface area contributed by atoms with Crippen LogP contribution in [0.2, 0.25) is 10.0 Å². The Balaban J connectivity index is 0.00000441. The lowest BCUT2D eigenvalue weighted by Gasteiger charge is -2.16. The molecule has 0 spiro atoms. The molecule has 9 heteroatoms. The molecule has 126 valence electrons. The fraction of sp³-hybridized carbons (Fsp3) is 0.462. The number of aliphatic imine (C=N–C) groups is 1. The Morgan fingerprint density at radius 1 is 1.41 bits per heavy atom. The van der Waals surface area contributed by atoms with Crippen molar-refractivity contribution in [1.82, 2.24) is 5.32 Å². The van der Waals surface area contributed by atoms with Crippen molar-refractivity contribution >= 4 is 63.0 Å². The van der Waals surface area contributed by atoms with Crippen LogP contribution >= 0.6 is 47.2 Å². The highest BCUT2D eigenvalue weighted by Gasteiger charge is 2.11. The van der Waals surface area contributed by atoms with Crippen LogP contribution in [0.25, 0.3) is 0 Å². The predicted molar refractivity (Wildman–Crippen MR) is 104 cm³/mol. The maximum Gasteiger partial charge on any atom is 0.189 e. The van der Waals surface area contributed by atoms with Crippen LogP contribution < -0.4 is 11.1 Å². The van der Waals surface area contributed by atoms with Gasteiger partial charge in [-0.2, -0.15) is 0 Å². The summed E-state index contributed by atoms with van der Waals surface area (Å²) in [6.45, 7) is 3.61. The maximum atomic E-state index is 11.3. The molecule has 0 radical (unpaired) electrons. The summed E-state index contributed by atoms with van der Waals surface area (Å²) in [5.74, 6) is 0.272. The Morgan fingerprint density at radius 2 is 2.05 bits per heavy atom. The summed E-state index contributed by atoms with van der Waals surface area (Å²) < 4.78 is 22.7. The van der Waals surface area contributed by atoms with E-state index in [4.69, 9.17) is 28.9 Å². The zero-order valence-electron chi connectivity index (χ0n) is 12.3. The van der Waals surface area contributed by atoms with Crippen molar-refractivity contribution in [3.05, 3.63) is 33.8 Å². The Hall–Kier alpha value is -0.250. The molecule has 1 aromatic carbocycles. The molecule has 0 saturated heterocycles. The summed E-state index contributed by atoms with van der Waals surface area (Å²) in [6, 6.07) is 5.03. The van der Waals surface area contributed by atoms with Crippen LogP contribution in [-0.4, -0.2) is 32.4 Å². The van der Waals surface area contributed by atoms with Gasteiger partial charge in [-0.1, -0.05) is 36.2 Å². The minimum Gasteiger partial charge on any atom is -0.370 e. The number of guanidine groups is 1. The van der Waals surface area contributed by atoms with Crippen molar-refractivity contribution in [3.63, 3.8) is 0 Å². The fourth-order valence-electron chi connectivity index (χ4n) is 1.65. The number of hydrogen-bond acceptors (Lipinski definition) is 3. The Bertz CT molecular complexity index is 624. The van der Waals surface area contributed by atoms with Gasteiger partial charge in [0.15, 0.2) is 15.8 Å². The first-order valence-corrected chi connectivity index (χ1v) is 9.04. The van der Waals surface area contributed by atoms with Crippen LogP contribution in [0, 0.1) is 0 Å². The normalized spacial score (nSPS) is 13.4. The van der Waals surface area contributed by atoms with Gasteiger partial charge in [-0.15, -0.1) is 24.0 Å². The number of hydrogen-bond donors (Lipinski definition) is 2. The molecule has 3 N–H and O–H groups in total. The van der Waals surface area contributed by atoms with E-state index in [0.717, 1.165) is 5.56 Å². The molecule has 0 aliphatic rings. The summed E-state index contributed by atoms with van der Waals surface area (Å²) in [5, 5.41) is 4.06. The van der Waals surface area contributed by atoms with Crippen molar-refractivity contribution in [2.45, 2.75) is 19.9 Å². The molecule has 0 fully saturated rings. The summed E-state index contributed by atoms with van der Waals surface area (Å²) in [6.07, 6.45) is 0. The lowest BCUT2D eigenvalue weighted by molar-refractivity contribution is 0.597. The molecule has 1 aromatic rings. The Morgan fingerprint density at radius 3 is 2.59 bits per heavy atom. The van der Waals surface area contributed by atoms with E-state index in [2.05, 4.69) is 10.3 Å².